The molecule has 0 saturated heterocycles. The maximum atomic E-state index is 11.9. The van der Waals surface area contributed by atoms with Crippen LogP contribution in [-0.4, -0.2) is 37.5 Å². The second kappa shape index (κ2) is 6.93. The topological polar surface area (TPSA) is 120 Å². The van der Waals surface area contributed by atoms with Gasteiger partial charge in [-0.3, -0.25) is 4.79 Å². The first kappa shape index (κ1) is 18.2. The van der Waals surface area contributed by atoms with Gasteiger partial charge in [0.2, 0.25) is 10.0 Å². The normalized spacial score (nSPS) is 13.0. The number of aromatic nitrogens is 1. The van der Waals surface area contributed by atoms with Crippen molar-refractivity contribution in [3.8, 4) is 0 Å². The highest BCUT2D eigenvalue weighted by atomic mass is 32.2. The Hall–Kier alpha value is -1.87. The molecule has 124 valence electrons. The summed E-state index contributed by atoms with van der Waals surface area (Å²) in [5, 5.41) is 7.68. The highest BCUT2D eigenvalue weighted by Gasteiger charge is 2.19. The molecule has 22 heavy (non-hydrogen) atoms. The van der Waals surface area contributed by atoms with Crippen molar-refractivity contribution in [1.29, 1.82) is 0 Å². The van der Waals surface area contributed by atoms with Gasteiger partial charge in [0, 0.05) is 19.3 Å². The number of esters is 1. The van der Waals surface area contributed by atoms with Gasteiger partial charge in [-0.2, -0.15) is 0 Å². The van der Waals surface area contributed by atoms with Crippen molar-refractivity contribution in [3.63, 3.8) is 0 Å². The number of carbonyl (C=O) groups is 2. The van der Waals surface area contributed by atoms with Gasteiger partial charge >= 0.3 is 5.97 Å². The number of rotatable bonds is 6. The second-order valence-corrected chi connectivity index (χ2v) is 6.95. The SMILES string of the molecule is CC(C)C(C)NC(=O)COC(=O)c1cc(S(N)(=O)=O)cn1C. The van der Waals surface area contributed by atoms with Crippen LogP contribution >= 0.6 is 0 Å². The molecule has 1 heterocycles. The summed E-state index contributed by atoms with van der Waals surface area (Å²) in [5.74, 6) is -0.968. The predicted octanol–water partition coefficient (Wildman–Crippen LogP) is -0.01000. The first-order chi connectivity index (χ1) is 10.0. The Bertz CT molecular complexity index is 663. The van der Waals surface area contributed by atoms with Gasteiger partial charge in [0.25, 0.3) is 5.91 Å². The molecule has 1 amide bonds. The van der Waals surface area contributed by atoms with Gasteiger partial charge < -0.3 is 14.6 Å². The molecular formula is C13H21N3O5S. The molecule has 1 unspecified atom stereocenters. The van der Waals surface area contributed by atoms with Crippen LogP contribution in [-0.2, 0) is 26.6 Å². The van der Waals surface area contributed by atoms with E-state index >= 15 is 0 Å². The largest absolute Gasteiger partial charge is 0.451 e. The van der Waals surface area contributed by atoms with Crippen LogP contribution in [0.25, 0.3) is 0 Å². The van der Waals surface area contributed by atoms with Crippen LogP contribution in [0.3, 0.4) is 0 Å². The molecule has 0 bridgehead atoms. The van der Waals surface area contributed by atoms with E-state index in [4.69, 9.17) is 9.88 Å². The van der Waals surface area contributed by atoms with Crippen molar-refractivity contribution in [2.45, 2.75) is 31.7 Å². The Labute approximate surface area is 129 Å². The fourth-order valence-corrected chi connectivity index (χ4v) is 2.14. The van der Waals surface area contributed by atoms with Crippen LogP contribution < -0.4 is 10.5 Å². The van der Waals surface area contributed by atoms with E-state index < -0.39 is 28.5 Å². The molecule has 0 aromatic carbocycles. The van der Waals surface area contributed by atoms with E-state index in [1.807, 2.05) is 20.8 Å². The zero-order chi connectivity index (χ0) is 17.1. The monoisotopic (exact) mass is 331 g/mol. The van der Waals surface area contributed by atoms with E-state index in [0.717, 1.165) is 6.07 Å². The highest BCUT2D eigenvalue weighted by molar-refractivity contribution is 7.89. The number of aryl methyl sites for hydroxylation is 1. The summed E-state index contributed by atoms with van der Waals surface area (Å²) in [6.07, 6.45) is 1.20. The zero-order valence-electron chi connectivity index (χ0n) is 13.0. The van der Waals surface area contributed by atoms with Crippen molar-refractivity contribution in [1.82, 2.24) is 9.88 Å². The summed E-state index contributed by atoms with van der Waals surface area (Å²) >= 11 is 0. The first-order valence-corrected chi connectivity index (χ1v) is 8.22. The molecule has 1 rings (SSSR count). The quantitative estimate of drug-likeness (QED) is 0.710. The molecule has 3 N–H and O–H groups in total. The van der Waals surface area contributed by atoms with Gasteiger partial charge in [0.05, 0.1) is 0 Å². The van der Waals surface area contributed by atoms with E-state index in [1.165, 1.54) is 17.8 Å². The molecule has 8 nitrogen and oxygen atoms in total. The van der Waals surface area contributed by atoms with Crippen molar-refractivity contribution in [2.75, 3.05) is 6.61 Å². The maximum Gasteiger partial charge on any atom is 0.355 e. The van der Waals surface area contributed by atoms with Gasteiger partial charge in [0.15, 0.2) is 6.61 Å². The third-order valence-corrected chi connectivity index (χ3v) is 4.12. The molecule has 1 atom stereocenters. The van der Waals surface area contributed by atoms with E-state index in [9.17, 15) is 18.0 Å². The number of amides is 1. The van der Waals surface area contributed by atoms with Crippen LogP contribution in [0.5, 0.6) is 0 Å². The molecule has 0 aliphatic heterocycles. The molecule has 0 spiro atoms. The number of nitrogens with one attached hydrogen (secondary N) is 1. The number of ether oxygens (including phenoxy) is 1. The highest BCUT2D eigenvalue weighted by Crippen LogP contribution is 2.12. The lowest BCUT2D eigenvalue weighted by Gasteiger charge is -2.17. The Morgan fingerprint density at radius 2 is 1.95 bits per heavy atom. The van der Waals surface area contributed by atoms with Gasteiger partial charge in [-0.25, -0.2) is 18.4 Å². The molecule has 0 radical (unpaired) electrons. The van der Waals surface area contributed by atoms with Crippen molar-refractivity contribution >= 4 is 21.9 Å². The Kier molecular flexibility index (Phi) is 5.72. The van der Waals surface area contributed by atoms with Gasteiger partial charge in [-0.15, -0.1) is 0 Å². The first-order valence-electron chi connectivity index (χ1n) is 6.68. The van der Waals surface area contributed by atoms with Crippen LogP contribution in [0.4, 0.5) is 0 Å². The number of primary sulfonamides is 1. The minimum absolute atomic E-state index is 0.00580. The van der Waals surface area contributed by atoms with E-state index in [-0.39, 0.29) is 22.5 Å². The van der Waals surface area contributed by atoms with Gasteiger partial charge in [-0.1, -0.05) is 13.8 Å². The molecule has 0 aliphatic carbocycles. The van der Waals surface area contributed by atoms with E-state index in [1.54, 1.807) is 0 Å². The molecule has 1 aromatic rings. The Balaban J connectivity index is 2.67. The van der Waals surface area contributed by atoms with Gasteiger partial charge in [-0.05, 0) is 18.9 Å². The number of carbonyl (C=O) groups excluding carboxylic acids is 2. The number of hydrogen-bond donors (Lipinski definition) is 2. The van der Waals surface area contributed by atoms with Gasteiger partial charge in [0.1, 0.15) is 10.6 Å². The fourth-order valence-electron chi connectivity index (χ4n) is 1.56. The predicted molar refractivity (Wildman–Crippen MR) is 79.5 cm³/mol. The number of hydrogen-bond acceptors (Lipinski definition) is 5. The summed E-state index contributed by atoms with van der Waals surface area (Å²) in [7, 11) is -2.42. The van der Waals surface area contributed by atoms with Crippen molar-refractivity contribution in [2.24, 2.45) is 18.1 Å². The number of nitrogens with two attached hydrogens (primary N) is 1. The fraction of sp³-hybridized carbons (Fsp3) is 0.538. The summed E-state index contributed by atoms with van der Waals surface area (Å²) in [5.41, 5.74) is -0.00580. The summed E-state index contributed by atoms with van der Waals surface area (Å²) < 4.78 is 28.6. The summed E-state index contributed by atoms with van der Waals surface area (Å²) in [6, 6.07) is 1.06. The third kappa shape index (κ3) is 4.85. The molecule has 0 aliphatic rings. The number of nitrogens with zero attached hydrogens (tertiary/aromatic N) is 1. The Morgan fingerprint density at radius 3 is 2.41 bits per heavy atom. The summed E-state index contributed by atoms with van der Waals surface area (Å²) in [6.45, 7) is 5.32. The van der Waals surface area contributed by atoms with E-state index in [2.05, 4.69) is 5.32 Å². The lowest BCUT2D eigenvalue weighted by Crippen LogP contribution is -2.38. The molecule has 1 aromatic heterocycles. The molecule has 0 fully saturated rings. The third-order valence-electron chi connectivity index (χ3n) is 3.24. The maximum absolute atomic E-state index is 11.9. The minimum atomic E-state index is -3.90. The van der Waals surface area contributed by atoms with Crippen molar-refractivity contribution < 1.29 is 22.7 Å². The minimum Gasteiger partial charge on any atom is -0.451 e. The molecule has 9 heteroatoms. The summed E-state index contributed by atoms with van der Waals surface area (Å²) in [4.78, 5) is 23.3. The zero-order valence-corrected chi connectivity index (χ0v) is 13.8. The molecular weight excluding hydrogens is 310 g/mol. The van der Waals surface area contributed by atoms with Crippen LogP contribution in [0.15, 0.2) is 17.2 Å². The average molecular weight is 331 g/mol. The average Bonchev–Trinajstić information content (AvgIpc) is 2.78. The van der Waals surface area contributed by atoms with E-state index in [0.29, 0.717) is 0 Å². The lowest BCUT2D eigenvalue weighted by molar-refractivity contribution is -0.125. The van der Waals surface area contributed by atoms with Crippen LogP contribution in [0, 0.1) is 5.92 Å². The van der Waals surface area contributed by atoms with Crippen molar-refractivity contribution in [3.05, 3.63) is 18.0 Å². The Morgan fingerprint density at radius 1 is 1.36 bits per heavy atom. The second-order valence-electron chi connectivity index (χ2n) is 5.39. The smallest absolute Gasteiger partial charge is 0.355 e. The van der Waals surface area contributed by atoms with Crippen LogP contribution in [0.1, 0.15) is 31.3 Å². The van der Waals surface area contributed by atoms with Crippen LogP contribution in [0.2, 0.25) is 0 Å². The number of sulfonamides is 1. The standard InChI is InChI=1S/C13H21N3O5S/c1-8(2)9(3)15-12(17)7-21-13(18)11-5-10(6-16(11)4)22(14,19)20/h5-6,8-9H,7H2,1-4H3,(H,15,17)(H2,14,19,20). The lowest BCUT2D eigenvalue weighted by atomic mass is 10.1. The molecule has 0 saturated carbocycles.